The van der Waals surface area contributed by atoms with Crippen LogP contribution in [0, 0.1) is 6.92 Å². The number of nitrogens with zero attached hydrogens (tertiary/aromatic N) is 1. The number of nitrogens with one attached hydrogen (secondary N) is 2. The van der Waals surface area contributed by atoms with Crippen molar-refractivity contribution in [3.05, 3.63) is 33.8 Å². The largest absolute Gasteiger partial charge is 0.353 e. The van der Waals surface area contributed by atoms with E-state index in [1.165, 1.54) is 0 Å². The highest BCUT2D eigenvalue weighted by atomic mass is 79.9. The summed E-state index contributed by atoms with van der Waals surface area (Å²) in [5.74, 6) is -0.368. The van der Waals surface area contributed by atoms with E-state index in [0.29, 0.717) is 18.7 Å². The van der Waals surface area contributed by atoms with Gasteiger partial charge in [0.2, 0.25) is 5.91 Å². The molecule has 0 radical (unpaired) electrons. The van der Waals surface area contributed by atoms with E-state index in [0.717, 1.165) is 10.0 Å². The zero-order chi connectivity index (χ0) is 14.7. The van der Waals surface area contributed by atoms with Gasteiger partial charge in [0.1, 0.15) is 0 Å². The van der Waals surface area contributed by atoms with Crippen molar-refractivity contribution in [1.82, 2.24) is 15.5 Å². The normalized spacial score (nSPS) is 14.7. The lowest BCUT2D eigenvalue weighted by Gasteiger charge is -2.28. The van der Waals surface area contributed by atoms with E-state index >= 15 is 0 Å². The van der Waals surface area contributed by atoms with Gasteiger partial charge < -0.3 is 10.2 Å². The Labute approximate surface area is 130 Å². The molecule has 20 heavy (non-hydrogen) atoms. The number of carbonyl (C=O) groups excluding carboxylic acids is 2. The third-order valence-electron chi connectivity index (χ3n) is 2.98. The highest BCUT2D eigenvalue weighted by molar-refractivity contribution is 9.10. The fourth-order valence-corrected chi connectivity index (χ4v) is 2.42. The fourth-order valence-electron chi connectivity index (χ4n) is 1.79. The van der Waals surface area contributed by atoms with Crippen molar-refractivity contribution in [2.24, 2.45) is 0 Å². The van der Waals surface area contributed by atoms with Gasteiger partial charge >= 0.3 is 0 Å². The predicted octanol–water partition coefficient (Wildman–Crippen LogP) is 1.20. The first kappa shape index (κ1) is 14.9. The van der Waals surface area contributed by atoms with Gasteiger partial charge in [0.15, 0.2) is 5.11 Å². The zero-order valence-electron chi connectivity index (χ0n) is 10.9. The van der Waals surface area contributed by atoms with Crippen LogP contribution in [0.2, 0.25) is 0 Å². The maximum Gasteiger partial charge on any atom is 0.257 e. The van der Waals surface area contributed by atoms with E-state index in [4.69, 9.17) is 12.2 Å². The minimum absolute atomic E-state index is 0.0917. The Bertz CT molecular complexity index is 577. The number of amides is 2. The minimum Gasteiger partial charge on any atom is -0.353 e. The van der Waals surface area contributed by atoms with Crippen LogP contribution < -0.4 is 10.6 Å². The third kappa shape index (κ3) is 3.55. The van der Waals surface area contributed by atoms with Crippen molar-refractivity contribution in [3.8, 4) is 0 Å². The maximum atomic E-state index is 12.1. The van der Waals surface area contributed by atoms with Crippen LogP contribution in [0.4, 0.5) is 0 Å². The van der Waals surface area contributed by atoms with Crippen LogP contribution in [0.1, 0.15) is 15.9 Å². The van der Waals surface area contributed by atoms with E-state index in [-0.39, 0.29) is 23.5 Å². The van der Waals surface area contributed by atoms with Crippen molar-refractivity contribution in [2.75, 3.05) is 19.6 Å². The number of thiocarbonyl (C=S) groups is 1. The molecule has 1 fully saturated rings. The molecule has 0 aliphatic carbocycles. The summed E-state index contributed by atoms with van der Waals surface area (Å²) < 4.78 is 0.869. The molecule has 1 aromatic rings. The maximum absolute atomic E-state index is 12.1. The van der Waals surface area contributed by atoms with E-state index in [9.17, 15) is 9.59 Å². The molecule has 2 amide bonds. The van der Waals surface area contributed by atoms with Gasteiger partial charge in [-0.15, -0.1) is 0 Å². The second-order valence-electron chi connectivity index (χ2n) is 4.49. The van der Waals surface area contributed by atoms with E-state index in [1.54, 1.807) is 17.0 Å². The van der Waals surface area contributed by atoms with E-state index in [1.807, 2.05) is 13.0 Å². The van der Waals surface area contributed by atoms with Crippen LogP contribution in [0.15, 0.2) is 22.7 Å². The van der Waals surface area contributed by atoms with Gasteiger partial charge in [-0.2, -0.15) is 0 Å². The van der Waals surface area contributed by atoms with Crippen molar-refractivity contribution in [2.45, 2.75) is 6.92 Å². The molecule has 7 heteroatoms. The number of halogens is 1. The quantitative estimate of drug-likeness (QED) is 0.743. The molecule has 0 spiro atoms. The molecule has 0 atom stereocenters. The van der Waals surface area contributed by atoms with Gasteiger partial charge in [0.05, 0.1) is 6.54 Å². The summed E-state index contributed by atoms with van der Waals surface area (Å²) in [6, 6.07) is 5.34. The molecule has 1 heterocycles. The van der Waals surface area contributed by atoms with Crippen LogP contribution in [0.5, 0.6) is 0 Å². The monoisotopic (exact) mass is 355 g/mol. The standard InChI is InChI=1S/C13H14BrN3O2S/c1-8-2-3-9(6-10(8)14)12(19)16-13(20)17-5-4-15-11(18)7-17/h2-3,6H,4-5,7H2,1H3,(H,15,18)(H,16,19,20). The minimum atomic E-state index is -0.276. The van der Waals surface area contributed by atoms with Crippen LogP contribution in [-0.4, -0.2) is 41.5 Å². The molecule has 1 aliphatic heterocycles. The van der Waals surface area contributed by atoms with Crippen LogP contribution >= 0.6 is 28.1 Å². The number of hydrogen-bond acceptors (Lipinski definition) is 3. The smallest absolute Gasteiger partial charge is 0.257 e. The number of benzene rings is 1. The summed E-state index contributed by atoms with van der Waals surface area (Å²) in [4.78, 5) is 25.1. The molecule has 1 aromatic carbocycles. The molecule has 1 aliphatic rings. The SMILES string of the molecule is Cc1ccc(C(=O)NC(=S)N2CCNC(=O)C2)cc1Br. The Morgan fingerprint density at radius 1 is 1.50 bits per heavy atom. The second kappa shape index (κ2) is 6.32. The molecule has 0 bridgehead atoms. The number of aryl methyl sites for hydroxylation is 1. The van der Waals surface area contributed by atoms with Gasteiger partial charge in [-0.25, -0.2) is 0 Å². The predicted molar refractivity (Wildman–Crippen MR) is 83.5 cm³/mol. The molecule has 2 rings (SSSR count). The molecular weight excluding hydrogens is 342 g/mol. The van der Waals surface area contributed by atoms with Gasteiger partial charge in [-0.1, -0.05) is 22.0 Å². The topological polar surface area (TPSA) is 61.4 Å². The lowest BCUT2D eigenvalue weighted by Crippen LogP contribution is -2.53. The molecule has 106 valence electrons. The van der Waals surface area contributed by atoms with Gasteiger partial charge in [-0.05, 0) is 36.8 Å². The van der Waals surface area contributed by atoms with E-state index < -0.39 is 0 Å². The molecule has 2 N–H and O–H groups in total. The summed E-state index contributed by atoms with van der Waals surface area (Å²) in [5.41, 5.74) is 1.57. The van der Waals surface area contributed by atoms with Crippen molar-refractivity contribution < 1.29 is 9.59 Å². The summed E-state index contributed by atoms with van der Waals surface area (Å²) in [6.45, 7) is 3.26. The Hall–Kier alpha value is -1.47. The Morgan fingerprint density at radius 3 is 2.90 bits per heavy atom. The van der Waals surface area contributed by atoms with Gasteiger partial charge in [0.25, 0.3) is 5.91 Å². The van der Waals surface area contributed by atoms with Crippen molar-refractivity contribution in [1.29, 1.82) is 0 Å². The lowest BCUT2D eigenvalue weighted by atomic mass is 10.1. The van der Waals surface area contributed by atoms with Crippen molar-refractivity contribution >= 4 is 45.1 Å². The molecule has 0 saturated carbocycles. The molecule has 1 saturated heterocycles. The lowest BCUT2D eigenvalue weighted by molar-refractivity contribution is -0.122. The van der Waals surface area contributed by atoms with Crippen molar-refractivity contribution in [3.63, 3.8) is 0 Å². The van der Waals surface area contributed by atoms with Crippen LogP contribution in [0.3, 0.4) is 0 Å². The summed E-state index contributed by atoms with van der Waals surface area (Å²) in [5, 5.41) is 5.64. The number of carbonyl (C=O) groups is 2. The molecule has 0 aromatic heterocycles. The number of piperazine rings is 1. The van der Waals surface area contributed by atoms with Crippen LogP contribution in [-0.2, 0) is 4.79 Å². The van der Waals surface area contributed by atoms with E-state index in [2.05, 4.69) is 26.6 Å². The average Bonchev–Trinajstić information content (AvgIpc) is 2.41. The first-order chi connectivity index (χ1) is 9.47. The number of hydrogen-bond donors (Lipinski definition) is 2. The zero-order valence-corrected chi connectivity index (χ0v) is 13.3. The fraction of sp³-hybridized carbons (Fsp3) is 0.308. The first-order valence-electron chi connectivity index (χ1n) is 6.10. The number of rotatable bonds is 1. The highest BCUT2D eigenvalue weighted by Crippen LogP contribution is 2.17. The molecule has 5 nitrogen and oxygen atoms in total. The summed E-state index contributed by atoms with van der Waals surface area (Å²) in [6.07, 6.45) is 0. The Morgan fingerprint density at radius 2 is 2.25 bits per heavy atom. The second-order valence-corrected chi connectivity index (χ2v) is 5.74. The molecule has 0 unspecified atom stereocenters. The Balaban J connectivity index is 2.01. The average molecular weight is 356 g/mol. The third-order valence-corrected chi connectivity index (χ3v) is 4.19. The summed E-state index contributed by atoms with van der Waals surface area (Å²) in [7, 11) is 0. The summed E-state index contributed by atoms with van der Waals surface area (Å²) >= 11 is 8.55. The Kier molecular flexibility index (Phi) is 4.72. The first-order valence-corrected chi connectivity index (χ1v) is 7.30. The molecular formula is C13H14BrN3O2S. The van der Waals surface area contributed by atoms with Gasteiger partial charge in [0, 0.05) is 23.1 Å². The van der Waals surface area contributed by atoms with Gasteiger partial charge in [-0.3, -0.25) is 14.9 Å². The highest BCUT2D eigenvalue weighted by Gasteiger charge is 2.20. The van der Waals surface area contributed by atoms with Crippen LogP contribution in [0.25, 0.3) is 0 Å².